The van der Waals surface area contributed by atoms with Crippen molar-refractivity contribution in [2.45, 2.75) is 50.5 Å². The highest BCUT2D eigenvalue weighted by molar-refractivity contribution is 5.78. The van der Waals surface area contributed by atoms with E-state index in [9.17, 15) is 13.6 Å². The van der Waals surface area contributed by atoms with E-state index < -0.39 is 17.3 Å². The van der Waals surface area contributed by atoms with E-state index in [0.29, 0.717) is 19.4 Å². The van der Waals surface area contributed by atoms with Crippen LogP contribution in [0.5, 0.6) is 0 Å². The third-order valence-electron chi connectivity index (χ3n) is 7.16. The largest absolute Gasteiger partial charge is 0.355 e. The summed E-state index contributed by atoms with van der Waals surface area (Å²) in [6.07, 6.45) is 3.51. The number of hydrogen-bond donors (Lipinski definition) is 2. The Kier molecular flexibility index (Phi) is 6.52. The molecule has 1 amide bonds. The van der Waals surface area contributed by atoms with Crippen LogP contribution in [0.1, 0.15) is 43.2 Å². The number of aromatic nitrogens is 2. The van der Waals surface area contributed by atoms with Crippen LogP contribution >= 0.6 is 0 Å². The van der Waals surface area contributed by atoms with E-state index in [4.69, 9.17) is 0 Å². The lowest BCUT2D eigenvalue weighted by Crippen LogP contribution is -2.42. The molecule has 3 aromatic rings. The maximum absolute atomic E-state index is 14.6. The van der Waals surface area contributed by atoms with Crippen molar-refractivity contribution in [3.05, 3.63) is 65.9 Å². The number of amides is 1. The maximum atomic E-state index is 14.6. The highest BCUT2D eigenvalue weighted by Crippen LogP contribution is 2.65. The Morgan fingerprint density at radius 3 is 2.58 bits per heavy atom. The van der Waals surface area contributed by atoms with Crippen LogP contribution in [-0.4, -0.2) is 53.6 Å². The fraction of sp³-hybridized carbons (Fsp3) is 0.462. The first-order chi connectivity index (χ1) is 15.7. The van der Waals surface area contributed by atoms with Crippen molar-refractivity contribution < 1.29 is 13.6 Å². The Balaban J connectivity index is 1.43. The molecule has 0 aliphatic heterocycles. The zero-order chi connectivity index (χ0) is 23.6. The Hall–Kier alpha value is -2.80. The molecule has 4 rings (SSSR count). The van der Waals surface area contributed by atoms with Gasteiger partial charge in [0.15, 0.2) is 0 Å². The lowest BCUT2D eigenvalue weighted by molar-refractivity contribution is -0.123. The van der Waals surface area contributed by atoms with Crippen molar-refractivity contribution in [3.8, 4) is 0 Å². The van der Waals surface area contributed by atoms with Crippen molar-refractivity contribution in [1.82, 2.24) is 20.4 Å². The van der Waals surface area contributed by atoms with Gasteiger partial charge in [-0.05, 0) is 63.5 Å². The van der Waals surface area contributed by atoms with Gasteiger partial charge in [-0.2, -0.15) is 5.10 Å². The number of halogens is 2. The summed E-state index contributed by atoms with van der Waals surface area (Å²) in [5.41, 5.74) is 1.82. The highest BCUT2D eigenvalue weighted by Gasteiger charge is 2.63. The van der Waals surface area contributed by atoms with E-state index in [0.717, 1.165) is 35.4 Å². The number of rotatable bonds is 10. The molecule has 0 unspecified atom stereocenters. The molecular weight excluding hydrogens is 422 g/mol. The zero-order valence-corrected chi connectivity index (χ0v) is 19.4. The van der Waals surface area contributed by atoms with E-state index in [1.165, 1.54) is 0 Å². The fourth-order valence-electron chi connectivity index (χ4n) is 4.86. The van der Waals surface area contributed by atoms with E-state index in [-0.39, 0.29) is 18.4 Å². The van der Waals surface area contributed by atoms with Gasteiger partial charge in [0.2, 0.25) is 5.91 Å². The van der Waals surface area contributed by atoms with Gasteiger partial charge in [-0.1, -0.05) is 36.4 Å². The average molecular weight is 455 g/mol. The minimum atomic E-state index is -2.83. The number of aromatic amines is 1. The fourth-order valence-corrected chi connectivity index (χ4v) is 4.86. The summed E-state index contributed by atoms with van der Waals surface area (Å²) in [6.45, 7) is 1.44. The molecule has 176 valence electrons. The predicted molar refractivity (Wildman–Crippen MR) is 126 cm³/mol. The summed E-state index contributed by atoms with van der Waals surface area (Å²) in [5, 5.41) is 11.1. The van der Waals surface area contributed by atoms with Crippen LogP contribution in [0.25, 0.3) is 10.9 Å². The number of carbonyl (C=O) groups is 1. The number of nitrogens with zero attached hydrogens (tertiary/aromatic N) is 2. The Labute approximate surface area is 193 Å². The van der Waals surface area contributed by atoms with Crippen molar-refractivity contribution in [2.75, 3.05) is 20.6 Å². The molecule has 0 radical (unpaired) electrons. The smallest absolute Gasteiger partial charge is 0.251 e. The second kappa shape index (κ2) is 9.21. The van der Waals surface area contributed by atoms with Crippen molar-refractivity contribution >= 4 is 16.8 Å². The SMILES string of the molecule is CN(C)[C@H](CNC(=O)C[C@@H](c1ccccc1)C1(C(C)(F)F)CC1)Cc1ccc2[nH]ncc2c1. The summed E-state index contributed by atoms with van der Waals surface area (Å²) in [4.78, 5) is 15.0. The molecular formula is C26H32F2N4O. The van der Waals surface area contributed by atoms with E-state index in [1.807, 2.05) is 50.5 Å². The second-order valence-corrected chi connectivity index (χ2v) is 9.63. The lowest BCUT2D eigenvalue weighted by atomic mass is 9.77. The lowest BCUT2D eigenvalue weighted by Gasteiger charge is -2.32. The number of benzene rings is 2. The molecule has 1 aliphatic carbocycles. The van der Waals surface area contributed by atoms with E-state index in [2.05, 4.69) is 32.5 Å². The number of alkyl halides is 2. The van der Waals surface area contributed by atoms with E-state index >= 15 is 0 Å². The summed E-state index contributed by atoms with van der Waals surface area (Å²) in [7, 11) is 3.97. The standard InChI is InChI=1S/C26H32F2N4O/c1-25(27,28)26(11-12-26)22(19-7-5-4-6-8-19)15-24(33)29-17-21(32(2)3)14-18-9-10-23-20(13-18)16-30-31-23/h4-10,13,16,21-22H,11-12,14-15,17H2,1-3H3,(H,29,33)(H,30,31)/t21-,22-/m0/s1. The number of likely N-dealkylation sites (N-methyl/N-ethyl adjacent to an activating group) is 1. The first-order valence-electron chi connectivity index (χ1n) is 11.5. The van der Waals surface area contributed by atoms with Crippen molar-refractivity contribution in [3.63, 3.8) is 0 Å². The van der Waals surface area contributed by atoms with Crippen molar-refractivity contribution in [2.24, 2.45) is 5.41 Å². The van der Waals surface area contributed by atoms with Crippen LogP contribution in [0.3, 0.4) is 0 Å². The number of fused-ring (bicyclic) bond motifs is 1. The van der Waals surface area contributed by atoms with Gasteiger partial charge in [0.25, 0.3) is 5.92 Å². The normalized spacial score (nSPS) is 17.2. The molecule has 0 spiro atoms. The van der Waals surface area contributed by atoms with E-state index in [1.54, 1.807) is 6.20 Å². The third-order valence-corrected chi connectivity index (χ3v) is 7.16. The first kappa shape index (κ1) is 23.4. The second-order valence-electron chi connectivity index (χ2n) is 9.63. The Morgan fingerprint density at radius 1 is 1.21 bits per heavy atom. The summed E-state index contributed by atoms with van der Waals surface area (Å²) in [5.74, 6) is -3.51. The monoisotopic (exact) mass is 454 g/mol. The number of hydrogen-bond acceptors (Lipinski definition) is 3. The Bertz CT molecular complexity index is 1090. The van der Waals surface area contributed by atoms with Gasteiger partial charge in [0, 0.05) is 35.7 Å². The van der Waals surface area contributed by atoms with Crippen LogP contribution < -0.4 is 5.32 Å². The van der Waals surface area contributed by atoms with Crippen LogP contribution in [0.2, 0.25) is 0 Å². The number of carbonyl (C=O) groups excluding carboxylic acids is 1. The van der Waals surface area contributed by atoms with Gasteiger partial charge in [-0.3, -0.25) is 9.89 Å². The topological polar surface area (TPSA) is 61.0 Å². The molecule has 1 aromatic heterocycles. The molecule has 0 saturated heterocycles. The molecule has 2 atom stereocenters. The predicted octanol–water partition coefficient (Wildman–Crippen LogP) is 4.76. The van der Waals surface area contributed by atoms with Gasteiger partial charge in [0.05, 0.1) is 11.7 Å². The van der Waals surface area contributed by atoms with Gasteiger partial charge in [0.1, 0.15) is 0 Å². The number of nitrogens with one attached hydrogen (secondary N) is 2. The molecule has 5 nitrogen and oxygen atoms in total. The van der Waals surface area contributed by atoms with Crippen LogP contribution in [0.4, 0.5) is 8.78 Å². The molecule has 0 bridgehead atoms. The van der Waals surface area contributed by atoms with Gasteiger partial charge in [-0.25, -0.2) is 8.78 Å². The van der Waals surface area contributed by atoms with Gasteiger partial charge in [-0.15, -0.1) is 0 Å². The van der Waals surface area contributed by atoms with Crippen LogP contribution in [0, 0.1) is 5.41 Å². The molecule has 2 N–H and O–H groups in total. The molecule has 33 heavy (non-hydrogen) atoms. The van der Waals surface area contributed by atoms with Crippen molar-refractivity contribution in [1.29, 1.82) is 0 Å². The number of H-pyrrole nitrogens is 1. The minimum Gasteiger partial charge on any atom is -0.355 e. The molecule has 2 aromatic carbocycles. The summed E-state index contributed by atoms with van der Waals surface area (Å²) < 4.78 is 29.1. The summed E-state index contributed by atoms with van der Waals surface area (Å²) in [6, 6.07) is 15.5. The molecule has 1 aliphatic rings. The molecule has 1 fully saturated rings. The van der Waals surface area contributed by atoms with Crippen LogP contribution in [-0.2, 0) is 11.2 Å². The zero-order valence-electron chi connectivity index (χ0n) is 19.4. The van der Waals surface area contributed by atoms with Crippen LogP contribution in [0.15, 0.2) is 54.7 Å². The average Bonchev–Trinajstić information content (AvgIpc) is 3.47. The minimum absolute atomic E-state index is 0.0641. The first-order valence-corrected chi connectivity index (χ1v) is 11.5. The Morgan fingerprint density at radius 2 is 1.94 bits per heavy atom. The maximum Gasteiger partial charge on any atom is 0.251 e. The van der Waals surface area contributed by atoms with Gasteiger partial charge < -0.3 is 10.2 Å². The molecule has 7 heteroatoms. The quantitative estimate of drug-likeness (QED) is 0.464. The molecule has 1 saturated carbocycles. The third kappa shape index (κ3) is 5.08. The highest BCUT2D eigenvalue weighted by atomic mass is 19.3. The van der Waals surface area contributed by atoms with Gasteiger partial charge >= 0.3 is 0 Å². The molecule has 1 heterocycles. The summed E-state index contributed by atoms with van der Waals surface area (Å²) >= 11 is 0.